The van der Waals surface area contributed by atoms with Gasteiger partial charge >= 0.3 is 0 Å². The number of piperidine rings is 2. The number of sulfonamides is 1. The lowest BCUT2D eigenvalue weighted by Gasteiger charge is -2.35. The molecule has 2 aliphatic heterocycles. The number of carbonyl (C=O) groups is 1. The van der Waals surface area contributed by atoms with Gasteiger partial charge in [0.1, 0.15) is 0 Å². The third-order valence-corrected chi connectivity index (χ3v) is 10.1. The summed E-state index contributed by atoms with van der Waals surface area (Å²) in [5.41, 5.74) is 4.41. The number of aromatic nitrogens is 2. The van der Waals surface area contributed by atoms with Gasteiger partial charge in [-0.25, -0.2) is 22.2 Å². The number of nitrogens with one attached hydrogen (secondary N) is 2. The molecule has 2 aromatic heterocycles. The standard InChI is InChI=1S/C29H36F2N6O4S/c1-20-18-32-26-25(36-12-8-29(30,31)9-13-36)17-22(19-37(20)26)33-27(39)23-3-2-21(34-42(40,41)15-14-38)16-24(23)35-10-6-28(4-5-28)7-11-35/h2-3,16-19,34,38H,4-15H2,1H3,(H,33,39). The van der Waals surface area contributed by atoms with Crippen LogP contribution in [0, 0.1) is 12.3 Å². The molecule has 42 heavy (non-hydrogen) atoms. The number of carbonyl (C=O) groups excluding carboxylic acids is 1. The van der Waals surface area contributed by atoms with E-state index in [-0.39, 0.29) is 31.8 Å². The van der Waals surface area contributed by atoms with Crippen molar-refractivity contribution in [2.45, 2.75) is 51.4 Å². The first-order valence-corrected chi connectivity index (χ1v) is 16.0. The number of imidazole rings is 1. The van der Waals surface area contributed by atoms with Crippen LogP contribution in [0.2, 0.25) is 0 Å². The fourth-order valence-corrected chi connectivity index (χ4v) is 6.89. The van der Waals surface area contributed by atoms with Crippen LogP contribution in [0.5, 0.6) is 0 Å². The van der Waals surface area contributed by atoms with Gasteiger partial charge in [-0.1, -0.05) is 0 Å². The highest BCUT2D eigenvalue weighted by Crippen LogP contribution is 2.54. The van der Waals surface area contributed by atoms with Crippen LogP contribution in [0.1, 0.15) is 54.6 Å². The summed E-state index contributed by atoms with van der Waals surface area (Å²) in [7, 11) is -3.74. The molecular formula is C29H36F2N6O4S. The van der Waals surface area contributed by atoms with Gasteiger partial charge in [0.15, 0.2) is 5.65 Å². The Morgan fingerprint density at radius 2 is 1.62 bits per heavy atom. The molecule has 6 rings (SSSR count). The second-order valence-electron chi connectivity index (χ2n) is 11.9. The van der Waals surface area contributed by atoms with E-state index < -0.39 is 28.3 Å². The Morgan fingerprint density at radius 3 is 2.29 bits per heavy atom. The van der Waals surface area contributed by atoms with E-state index in [1.807, 2.05) is 16.2 Å². The van der Waals surface area contributed by atoms with Gasteiger partial charge in [-0.15, -0.1) is 0 Å². The van der Waals surface area contributed by atoms with Gasteiger partial charge in [-0.05, 0) is 62.3 Å². The number of aryl methyl sites for hydroxylation is 1. The third-order valence-electron chi connectivity index (χ3n) is 8.86. The fraction of sp³-hybridized carbons (Fsp3) is 0.517. The Balaban J connectivity index is 1.31. The zero-order valence-electron chi connectivity index (χ0n) is 23.6. The normalized spacial score (nSPS) is 19.7. The summed E-state index contributed by atoms with van der Waals surface area (Å²) in [5, 5.41) is 12.1. The van der Waals surface area contributed by atoms with Crippen LogP contribution in [0.3, 0.4) is 0 Å². The predicted molar refractivity (Wildman–Crippen MR) is 158 cm³/mol. The number of anilines is 4. The second kappa shape index (κ2) is 10.7. The lowest BCUT2D eigenvalue weighted by atomic mass is 9.93. The van der Waals surface area contributed by atoms with Gasteiger partial charge in [-0.2, -0.15) is 0 Å². The summed E-state index contributed by atoms with van der Waals surface area (Å²) in [6, 6.07) is 6.61. The van der Waals surface area contributed by atoms with Gasteiger partial charge < -0.3 is 24.6 Å². The zero-order chi connectivity index (χ0) is 29.7. The van der Waals surface area contributed by atoms with Crippen molar-refractivity contribution in [1.82, 2.24) is 9.38 Å². The molecule has 1 saturated carbocycles. The molecule has 3 N–H and O–H groups in total. The van der Waals surface area contributed by atoms with Gasteiger partial charge in [0.2, 0.25) is 10.0 Å². The molecule has 1 spiro atoms. The molecule has 226 valence electrons. The highest BCUT2D eigenvalue weighted by atomic mass is 32.2. The number of alkyl halides is 2. The monoisotopic (exact) mass is 602 g/mol. The van der Waals surface area contributed by atoms with Crippen molar-refractivity contribution in [2.24, 2.45) is 5.41 Å². The number of aliphatic hydroxyl groups excluding tert-OH is 1. The molecule has 0 radical (unpaired) electrons. The van der Waals surface area contributed by atoms with Crippen molar-refractivity contribution in [2.75, 3.05) is 58.4 Å². The lowest BCUT2D eigenvalue weighted by molar-refractivity contribution is -0.0220. The Labute approximate surface area is 243 Å². The molecule has 0 unspecified atom stereocenters. The maximum absolute atomic E-state index is 13.9. The van der Waals surface area contributed by atoms with E-state index in [0.29, 0.717) is 39.4 Å². The van der Waals surface area contributed by atoms with Crippen molar-refractivity contribution in [3.8, 4) is 0 Å². The average molecular weight is 603 g/mol. The van der Waals surface area contributed by atoms with Gasteiger partial charge in [-0.3, -0.25) is 9.52 Å². The van der Waals surface area contributed by atoms with Crippen LogP contribution in [0.25, 0.3) is 5.65 Å². The third kappa shape index (κ3) is 5.89. The molecule has 1 aliphatic carbocycles. The Kier molecular flexibility index (Phi) is 7.28. The van der Waals surface area contributed by atoms with Crippen LogP contribution < -0.4 is 19.8 Å². The van der Waals surface area contributed by atoms with E-state index in [1.165, 1.54) is 12.8 Å². The molecule has 10 nitrogen and oxygen atoms in total. The molecule has 1 aromatic carbocycles. The minimum atomic E-state index is -3.74. The first-order chi connectivity index (χ1) is 20.0. The number of hydrogen-bond donors (Lipinski definition) is 3. The number of amides is 1. The van der Waals surface area contributed by atoms with Crippen molar-refractivity contribution in [3.05, 3.63) is 47.9 Å². The molecule has 13 heteroatoms. The van der Waals surface area contributed by atoms with Crippen molar-refractivity contribution >= 4 is 44.3 Å². The van der Waals surface area contributed by atoms with E-state index >= 15 is 0 Å². The quantitative estimate of drug-likeness (QED) is 0.353. The summed E-state index contributed by atoms with van der Waals surface area (Å²) >= 11 is 0. The van der Waals surface area contributed by atoms with Gasteiger partial charge in [0.25, 0.3) is 11.8 Å². The van der Waals surface area contributed by atoms with Crippen molar-refractivity contribution in [1.29, 1.82) is 0 Å². The molecule has 2 saturated heterocycles. The van der Waals surface area contributed by atoms with E-state index in [1.54, 1.807) is 36.7 Å². The molecule has 4 heterocycles. The first-order valence-electron chi connectivity index (χ1n) is 14.4. The first kappa shape index (κ1) is 28.7. The fourth-order valence-electron chi connectivity index (χ4n) is 6.06. The maximum atomic E-state index is 13.9. The lowest BCUT2D eigenvalue weighted by Crippen LogP contribution is -2.39. The molecule has 0 atom stereocenters. The Hall–Kier alpha value is -3.45. The number of aliphatic hydroxyl groups is 1. The summed E-state index contributed by atoms with van der Waals surface area (Å²) < 4.78 is 56.8. The molecule has 1 amide bonds. The predicted octanol–water partition coefficient (Wildman–Crippen LogP) is 4.24. The zero-order valence-corrected chi connectivity index (χ0v) is 24.4. The Bertz CT molecular complexity index is 1600. The number of nitrogens with zero attached hydrogens (tertiary/aromatic N) is 4. The van der Waals surface area contributed by atoms with Gasteiger partial charge in [0, 0.05) is 57.1 Å². The van der Waals surface area contributed by atoms with Crippen LogP contribution in [0.15, 0.2) is 36.7 Å². The average Bonchev–Trinajstić information content (AvgIpc) is 3.59. The second-order valence-corrected chi connectivity index (χ2v) is 13.7. The van der Waals surface area contributed by atoms with Crippen LogP contribution in [0.4, 0.5) is 31.5 Å². The summed E-state index contributed by atoms with van der Waals surface area (Å²) in [6.45, 7) is 3.27. The molecule has 3 fully saturated rings. The number of hydrogen-bond acceptors (Lipinski definition) is 7. The Morgan fingerprint density at radius 1 is 0.976 bits per heavy atom. The summed E-state index contributed by atoms with van der Waals surface area (Å²) in [6.07, 6.45) is 7.47. The van der Waals surface area contributed by atoms with E-state index in [4.69, 9.17) is 5.11 Å². The molecule has 3 aliphatic rings. The number of halogens is 2. The highest BCUT2D eigenvalue weighted by Gasteiger charge is 2.44. The van der Waals surface area contributed by atoms with E-state index in [0.717, 1.165) is 31.6 Å². The summed E-state index contributed by atoms with van der Waals surface area (Å²) in [5.74, 6) is -3.48. The van der Waals surface area contributed by atoms with Crippen LogP contribution in [-0.2, 0) is 10.0 Å². The van der Waals surface area contributed by atoms with Crippen molar-refractivity contribution < 1.29 is 27.1 Å². The van der Waals surface area contributed by atoms with Crippen molar-refractivity contribution in [3.63, 3.8) is 0 Å². The van der Waals surface area contributed by atoms with Crippen LogP contribution >= 0.6 is 0 Å². The summed E-state index contributed by atoms with van der Waals surface area (Å²) in [4.78, 5) is 22.3. The van der Waals surface area contributed by atoms with Gasteiger partial charge in [0.05, 0.1) is 40.7 Å². The maximum Gasteiger partial charge on any atom is 0.257 e. The number of pyridine rings is 1. The molecular weight excluding hydrogens is 566 g/mol. The minimum Gasteiger partial charge on any atom is -0.395 e. The largest absolute Gasteiger partial charge is 0.395 e. The SMILES string of the molecule is Cc1cnc2c(N3CCC(F)(F)CC3)cc(NC(=O)c3ccc(NS(=O)(=O)CCO)cc3N3CCC4(CC3)CC4)cn12. The van der Waals surface area contributed by atoms with E-state index in [2.05, 4.69) is 19.9 Å². The van der Waals surface area contributed by atoms with E-state index in [9.17, 15) is 22.0 Å². The van der Waals surface area contributed by atoms with Crippen LogP contribution in [-0.4, -0.2) is 73.3 Å². The molecule has 3 aromatic rings. The highest BCUT2D eigenvalue weighted by molar-refractivity contribution is 7.92. The smallest absolute Gasteiger partial charge is 0.257 e. The number of fused-ring (bicyclic) bond motifs is 1. The molecule has 0 bridgehead atoms. The number of rotatable bonds is 8. The minimum absolute atomic E-state index is 0.181. The number of benzene rings is 1. The topological polar surface area (TPSA) is 119 Å².